The van der Waals surface area contributed by atoms with Crippen LogP contribution in [0.1, 0.15) is 19.2 Å². The van der Waals surface area contributed by atoms with Gasteiger partial charge in [0.15, 0.2) is 5.65 Å². The largest absolute Gasteiger partial charge is 0.353 e. The number of carbonyl (C=O) groups excluding carboxylic acids is 1. The maximum Gasteiger partial charge on any atom is 0.237 e. The zero-order valence-corrected chi connectivity index (χ0v) is 11.6. The number of nitrogens with zero attached hydrogens (tertiary/aromatic N) is 3. The minimum atomic E-state index is -0.198. The summed E-state index contributed by atoms with van der Waals surface area (Å²) in [6.45, 7) is 4.51. The third-order valence-corrected chi connectivity index (χ3v) is 3.55. The summed E-state index contributed by atoms with van der Waals surface area (Å²) in [4.78, 5) is 20.9. The fraction of sp³-hybridized carbons (Fsp3) is 0.500. The second kappa shape index (κ2) is 5.58. The molecule has 6 nitrogen and oxygen atoms in total. The van der Waals surface area contributed by atoms with Crippen LogP contribution in [-0.2, 0) is 17.8 Å². The van der Waals surface area contributed by atoms with Crippen LogP contribution in [0.4, 0.5) is 0 Å². The molecule has 0 spiro atoms. The molecule has 2 aromatic heterocycles. The predicted molar refractivity (Wildman–Crippen MR) is 76.3 cm³/mol. The van der Waals surface area contributed by atoms with Crippen molar-refractivity contribution >= 4 is 17.1 Å². The highest BCUT2D eigenvalue weighted by atomic mass is 16.2. The Morgan fingerprint density at radius 1 is 1.45 bits per heavy atom. The van der Waals surface area contributed by atoms with Crippen molar-refractivity contribution in [1.82, 2.24) is 25.2 Å². The first-order valence-corrected chi connectivity index (χ1v) is 7.11. The van der Waals surface area contributed by atoms with E-state index in [4.69, 9.17) is 0 Å². The summed E-state index contributed by atoms with van der Waals surface area (Å²) >= 11 is 0. The van der Waals surface area contributed by atoms with Crippen molar-refractivity contribution in [3.05, 3.63) is 24.2 Å². The number of fused-ring (bicyclic) bond motifs is 1. The van der Waals surface area contributed by atoms with Gasteiger partial charge in [-0.15, -0.1) is 0 Å². The minimum absolute atomic E-state index is 0.0549. The van der Waals surface area contributed by atoms with Crippen LogP contribution in [0.3, 0.4) is 0 Å². The van der Waals surface area contributed by atoms with Crippen molar-refractivity contribution in [1.29, 1.82) is 0 Å². The van der Waals surface area contributed by atoms with Crippen LogP contribution in [0.15, 0.2) is 18.3 Å². The van der Waals surface area contributed by atoms with Gasteiger partial charge < -0.3 is 15.2 Å². The van der Waals surface area contributed by atoms with E-state index in [1.165, 1.54) is 0 Å². The Hall–Kier alpha value is -1.95. The third-order valence-electron chi connectivity index (χ3n) is 3.55. The number of amides is 1. The number of piperazine rings is 1. The number of aromatic nitrogens is 3. The minimum Gasteiger partial charge on any atom is -0.353 e. The lowest BCUT2D eigenvalue weighted by atomic mass is 10.1. The Kier molecular flexibility index (Phi) is 3.64. The van der Waals surface area contributed by atoms with Gasteiger partial charge in [0, 0.05) is 32.3 Å². The molecule has 1 amide bonds. The zero-order valence-electron chi connectivity index (χ0n) is 11.6. The molecule has 1 aliphatic rings. The van der Waals surface area contributed by atoms with Crippen molar-refractivity contribution in [2.24, 2.45) is 0 Å². The van der Waals surface area contributed by atoms with Crippen LogP contribution in [0.25, 0.3) is 11.2 Å². The molecule has 1 unspecified atom stereocenters. The summed E-state index contributed by atoms with van der Waals surface area (Å²) in [5.74, 6) is 0.981. The Bertz CT molecular complexity index is 621. The van der Waals surface area contributed by atoms with Gasteiger partial charge in [0.25, 0.3) is 0 Å². The Labute approximate surface area is 117 Å². The standard InChI is InChI=1S/C14H19N5O/c1-2-8-19-12(9-11-14(20)17-7-6-15-11)18-10-4-3-5-16-13(10)19/h3-5,11,15H,2,6-9H2,1H3,(H,17,20). The molecule has 0 bridgehead atoms. The molecular weight excluding hydrogens is 254 g/mol. The number of hydrogen-bond donors (Lipinski definition) is 2. The quantitative estimate of drug-likeness (QED) is 0.849. The maximum absolute atomic E-state index is 11.9. The predicted octanol–water partition coefficient (Wildman–Crippen LogP) is 0.472. The fourth-order valence-electron chi connectivity index (χ4n) is 2.62. The van der Waals surface area contributed by atoms with Gasteiger partial charge in [0.2, 0.25) is 5.91 Å². The topological polar surface area (TPSA) is 71.8 Å². The Morgan fingerprint density at radius 2 is 2.35 bits per heavy atom. The summed E-state index contributed by atoms with van der Waals surface area (Å²) in [7, 11) is 0. The van der Waals surface area contributed by atoms with Crippen LogP contribution in [0.5, 0.6) is 0 Å². The molecule has 0 radical (unpaired) electrons. The van der Waals surface area contributed by atoms with E-state index < -0.39 is 0 Å². The third kappa shape index (κ3) is 2.38. The Balaban J connectivity index is 1.93. The van der Waals surface area contributed by atoms with Gasteiger partial charge in [-0.1, -0.05) is 6.92 Å². The first-order valence-electron chi connectivity index (χ1n) is 7.11. The lowest BCUT2D eigenvalue weighted by molar-refractivity contribution is -0.124. The van der Waals surface area contributed by atoms with Crippen molar-refractivity contribution in [3.63, 3.8) is 0 Å². The van der Waals surface area contributed by atoms with E-state index in [1.807, 2.05) is 12.1 Å². The number of nitrogens with one attached hydrogen (secondary N) is 2. The van der Waals surface area contributed by atoms with Gasteiger partial charge in [-0.05, 0) is 18.6 Å². The molecule has 1 fully saturated rings. The molecule has 0 saturated carbocycles. The molecule has 3 heterocycles. The first-order chi connectivity index (χ1) is 9.79. The Morgan fingerprint density at radius 3 is 3.15 bits per heavy atom. The fourth-order valence-corrected chi connectivity index (χ4v) is 2.62. The van der Waals surface area contributed by atoms with E-state index >= 15 is 0 Å². The second-order valence-electron chi connectivity index (χ2n) is 5.03. The number of pyridine rings is 1. The molecule has 0 aromatic carbocycles. The van der Waals surface area contributed by atoms with Gasteiger partial charge in [0.05, 0.1) is 6.04 Å². The molecule has 2 aromatic rings. The van der Waals surface area contributed by atoms with Gasteiger partial charge in [-0.3, -0.25) is 4.79 Å². The van der Waals surface area contributed by atoms with E-state index in [0.717, 1.165) is 36.5 Å². The van der Waals surface area contributed by atoms with E-state index in [2.05, 4.69) is 32.1 Å². The number of rotatable bonds is 4. The van der Waals surface area contributed by atoms with E-state index in [9.17, 15) is 4.79 Å². The highest BCUT2D eigenvalue weighted by molar-refractivity contribution is 5.82. The van der Waals surface area contributed by atoms with Crippen LogP contribution in [0, 0.1) is 0 Å². The molecular formula is C14H19N5O. The molecule has 2 N–H and O–H groups in total. The number of carbonyl (C=O) groups is 1. The zero-order chi connectivity index (χ0) is 13.9. The van der Waals surface area contributed by atoms with Crippen molar-refractivity contribution in [2.45, 2.75) is 32.4 Å². The molecule has 0 aliphatic carbocycles. The number of imidazole rings is 1. The molecule has 106 valence electrons. The highest BCUT2D eigenvalue weighted by Gasteiger charge is 2.24. The smallest absolute Gasteiger partial charge is 0.237 e. The normalized spacial score (nSPS) is 19.2. The van der Waals surface area contributed by atoms with Crippen LogP contribution < -0.4 is 10.6 Å². The van der Waals surface area contributed by atoms with Crippen molar-refractivity contribution < 1.29 is 4.79 Å². The molecule has 6 heteroatoms. The molecule has 20 heavy (non-hydrogen) atoms. The second-order valence-corrected chi connectivity index (χ2v) is 5.03. The SMILES string of the molecule is CCCn1c(CC2NCCNC2=O)nc2cccnc21. The molecule has 1 atom stereocenters. The average Bonchev–Trinajstić information content (AvgIpc) is 2.80. The lowest BCUT2D eigenvalue weighted by Crippen LogP contribution is -2.54. The monoisotopic (exact) mass is 273 g/mol. The summed E-state index contributed by atoms with van der Waals surface area (Å²) in [6, 6.07) is 3.66. The summed E-state index contributed by atoms with van der Waals surface area (Å²) in [5, 5.41) is 6.13. The maximum atomic E-state index is 11.9. The molecule has 3 rings (SSSR count). The summed E-state index contributed by atoms with van der Waals surface area (Å²) in [5.41, 5.74) is 1.80. The van der Waals surface area contributed by atoms with E-state index in [0.29, 0.717) is 13.0 Å². The highest BCUT2D eigenvalue weighted by Crippen LogP contribution is 2.16. The summed E-state index contributed by atoms with van der Waals surface area (Å²) in [6.07, 6.45) is 3.40. The number of aryl methyl sites for hydroxylation is 1. The van der Waals surface area contributed by atoms with Crippen molar-refractivity contribution in [2.75, 3.05) is 13.1 Å². The summed E-state index contributed by atoms with van der Waals surface area (Å²) < 4.78 is 2.12. The van der Waals surface area contributed by atoms with Crippen molar-refractivity contribution in [3.8, 4) is 0 Å². The lowest BCUT2D eigenvalue weighted by Gasteiger charge is -2.23. The van der Waals surface area contributed by atoms with Crippen LogP contribution in [0.2, 0.25) is 0 Å². The average molecular weight is 273 g/mol. The number of hydrogen-bond acceptors (Lipinski definition) is 4. The van der Waals surface area contributed by atoms with E-state index in [-0.39, 0.29) is 11.9 Å². The molecule has 1 aliphatic heterocycles. The van der Waals surface area contributed by atoms with Gasteiger partial charge >= 0.3 is 0 Å². The first kappa shape index (κ1) is 13.1. The molecule has 1 saturated heterocycles. The van der Waals surface area contributed by atoms with Crippen LogP contribution >= 0.6 is 0 Å². The van der Waals surface area contributed by atoms with E-state index in [1.54, 1.807) is 6.20 Å². The van der Waals surface area contributed by atoms with Gasteiger partial charge in [0.1, 0.15) is 11.3 Å². The van der Waals surface area contributed by atoms with Gasteiger partial charge in [-0.2, -0.15) is 0 Å². The van der Waals surface area contributed by atoms with Gasteiger partial charge in [-0.25, -0.2) is 9.97 Å². The van der Waals surface area contributed by atoms with Crippen LogP contribution in [-0.4, -0.2) is 39.6 Å².